The van der Waals surface area contributed by atoms with Crippen LogP contribution in [0.1, 0.15) is 20.8 Å². The van der Waals surface area contributed by atoms with E-state index >= 15 is 0 Å². The number of nitrogens with two attached hydrogens (primary N) is 1. The molecule has 0 radical (unpaired) electrons. The molecule has 1 nitrogen and oxygen atoms in total. The second kappa shape index (κ2) is 5.63. The zero-order chi connectivity index (χ0) is 12.1. The summed E-state index contributed by atoms with van der Waals surface area (Å²) in [5.74, 6) is -0.224. The average molecular weight is 219 g/mol. The molecule has 0 fully saturated rings. The van der Waals surface area contributed by atoms with Crippen molar-refractivity contribution in [2.75, 3.05) is 0 Å². The topological polar surface area (TPSA) is 26.0 Å². The molecule has 0 aliphatic rings. The number of hydrogen-bond acceptors (Lipinski definition) is 1. The Morgan fingerprint density at radius 2 is 1.80 bits per heavy atom. The van der Waals surface area contributed by atoms with Gasteiger partial charge >= 0.3 is 6.18 Å². The van der Waals surface area contributed by atoms with Gasteiger partial charge in [-0.1, -0.05) is 32.1 Å². The van der Waals surface area contributed by atoms with Crippen LogP contribution in [0.4, 0.5) is 13.2 Å². The van der Waals surface area contributed by atoms with E-state index in [9.17, 15) is 13.2 Å². The van der Waals surface area contributed by atoms with Gasteiger partial charge in [-0.15, -0.1) is 0 Å². The SMILES string of the molecule is C\C=C/C=C(\C(=C/N)C(F)(F)F)C(C)C. The molecule has 0 aliphatic carbocycles. The summed E-state index contributed by atoms with van der Waals surface area (Å²) in [5.41, 5.74) is 4.45. The minimum Gasteiger partial charge on any atom is -0.404 e. The summed E-state index contributed by atoms with van der Waals surface area (Å²) in [5, 5.41) is 0. The predicted molar refractivity (Wildman–Crippen MR) is 56.1 cm³/mol. The smallest absolute Gasteiger partial charge is 0.404 e. The Bertz CT molecular complexity index is 283. The van der Waals surface area contributed by atoms with Crippen LogP contribution in [0.3, 0.4) is 0 Å². The largest absolute Gasteiger partial charge is 0.418 e. The number of rotatable bonds is 3. The Hall–Kier alpha value is -1.19. The minimum atomic E-state index is -4.40. The zero-order valence-electron chi connectivity index (χ0n) is 9.10. The first kappa shape index (κ1) is 13.8. The van der Waals surface area contributed by atoms with Crippen molar-refractivity contribution in [1.82, 2.24) is 0 Å². The summed E-state index contributed by atoms with van der Waals surface area (Å²) < 4.78 is 37.6. The third-order valence-corrected chi connectivity index (χ3v) is 1.87. The predicted octanol–water partition coefficient (Wildman–Crippen LogP) is 3.55. The van der Waals surface area contributed by atoms with E-state index in [0.29, 0.717) is 6.20 Å². The van der Waals surface area contributed by atoms with Gasteiger partial charge in [0.05, 0.1) is 5.57 Å². The number of halogens is 3. The quantitative estimate of drug-likeness (QED) is 0.722. The molecule has 0 bridgehead atoms. The van der Waals surface area contributed by atoms with E-state index in [1.54, 1.807) is 32.9 Å². The van der Waals surface area contributed by atoms with E-state index < -0.39 is 11.7 Å². The van der Waals surface area contributed by atoms with Crippen molar-refractivity contribution in [3.63, 3.8) is 0 Å². The van der Waals surface area contributed by atoms with Crippen molar-refractivity contribution in [2.24, 2.45) is 11.7 Å². The van der Waals surface area contributed by atoms with Crippen LogP contribution in [-0.2, 0) is 0 Å². The van der Waals surface area contributed by atoms with E-state index in [1.807, 2.05) is 0 Å². The lowest BCUT2D eigenvalue weighted by molar-refractivity contribution is -0.0901. The highest BCUT2D eigenvalue weighted by atomic mass is 19.4. The van der Waals surface area contributed by atoms with Crippen LogP contribution in [0.5, 0.6) is 0 Å². The summed E-state index contributed by atoms with van der Waals surface area (Å²) in [6.45, 7) is 5.14. The lowest BCUT2D eigenvalue weighted by Crippen LogP contribution is -2.18. The Morgan fingerprint density at radius 3 is 2.07 bits per heavy atom. The maximum atomic E-state index is 12.5. The highest BCUT2D eigenvalue weighted by Crippen LogP contribution is 2.33. The highest BCUT2D eigenvalue weighted by molar-refractivity contribution is 5.37. The van der Waals surface area contributed by atoms with Crippen LogP contribution in [-0.4, -0.2) is 6.18 Å². The second-order valence-corrected chi connectivity index (χ2v) is 3.38. The number of hydrogen-bond donors (Lipinski definition) is 1. The van der Waals surface area contributed by atoms with E-state index in [-0.39, 0.29) is 11.5 Å². The molecule has 0 atom stereocenters. The zero-order valence-corrected chi connectivity index (χ0v) is 9.10. The standard InChI is InChI=1S/C11H16F3N/c1-4-5-6-9(8(2)3)10(7-15)11(12,13)14/h4-8H,15H2,1-3H3/b5-4-,9-6-,10-7+. The molecule has 2 N–H and O–H groups in total. The van der Waals surface area contributed by atoms with Crippen LogP contribution in [0, 0.1) is 5.92 Å². The first-order valence-corrected chi connectivity index (χ1v) is 4.67. The van der Waals surface area contributed by atoms with Crippen LogP contribution < -0.4 is 5.73 Å². The highest BCUT2D eigenvalue weighted by Gasteiger charge is 2.36. The van der Waals surface area contributed by atoms with E-state index in [0.717, 1.165) is 0 Å². The fourth-order valence-corrected chi connectivity index (χ4v) is 1.15. The molecular formula is C11H16F3N. The molecule has 0 amide bonds. The molecule has 0 rings (SSSR count). The second-order valence-electron chi connectivity index (χ2n) is 3.38. The van der Waals surface area contributed by atoms with Gasteiger partial charge in [-0.25, -0.2) is 0 Å². The Kier molecular flexibility index (Phi) is 5.19. The molecule has 0 aromatic heterocycles. The van der Waals surface area contributed by atoms with Crippen LogP contribution >= 0.6 is 0 Å². The van der Waals surface area contributed by atoms with Crippen molar-refractivity contribution in [3.8, 4) is 0 Å². The molecule has 4 heteroatoms. The number of allylic oxidation sites excluding steroid dienone is 5. The molecule has 0 aromatic carbocycles. The maximum absolute atomic E-state index is 12.5. The molecule has 0 heterocycles. The molecule has 86 valence electrons. The third-order valence-electron chi connectivity index (χ3n) is 1.87. The number of alkyl halides is 3. The van der Waals surface area contributed by atoms with Crippen LogP contribution in [0.15, 0.2) is 35.6 Å². The van der Waals surface area contributed by atoms with Gasteiger partial charge in [0.2, 0.25) is 0 Å². The van der Waals surface area contributed by atoms with E-state index in [2.05, 4.69) is 0 Å². The van der Waals surface area contributed by atoms with Gasteiger partial charge in [0.1, 0.15) is 0 Å². The lowest BCUT2D eigenvalue weighted by Gasteiger charge is -2.17. The van der Waals surface area contributed by atoms with E-state index in [4.69, 9.17) is 5.73 Å². The fourth-order valence-electron chi connectivity index (χ4n) is 1.15. The molecule has 0 spiro atoms. The van der Waals surface area contributed by atoms with Gasteiger partial charge in [0.25, 0.3) is 0 Å². The Labute approximate surface area is 88.2 Å². The van der Waals surface area contributed by atoms with Crippen molar-refractivity contribution < 1.29 is 13.2 Å². The first-order chi connectivity index (χ1) is 6.84. The molecule has 0 unspecified atom stereocenters. The summed E-state index contributed by atoms with van der Waals surface area (Å²) in [7, 11) is 0. The van der Waals surface area contributed by atoms with Crippen molar-refractivity contribution >= 4 is 0 Å². The summed E-state index contributed by atoms with van der Waals surface area (Å²) in [6, 6.07) is 0. The van der Waals surface area contributed by atoms with Crippen molar-refractivity contribution in [1.29, 1.82) is 0 Å². The molecule has 0 saturated heterocycles. The average Bonchev–Trinajstić information content (AvgIpc) is 2.09. The fraction of sp³-hybridized carbons (Fsp3) is 0.455. The Morgan fingerprint density at radius 1 is 1.27 bits per heavy atom. The van der Waals surface area contributed by atoms with E-state index in [1.165, 1.54) is 6.08 Å². The lowest BCUT2D eigenvalue weighted by atomic mass is 9.95. The summed E-state index contributed by atoms with van der Waals surface area (Å²) >= 11 is 0. The van der Waals surface area contributed by atoms with Gasteiger partial charge in [0.15, 0.2) is 0 Å². The first-order valence-electron chi connectivity index (χ1n) is 4.67. The van der Waals surface area contributed by atoms with Gasteiger partial charge < -0.3 is 5.73 Å². The molecule has 15 heavy (non-hydrogen) atoms. The normalized spacial score (nSPS) is 15.4. The third kappa shape index (κ3) is 4.23. The van der Waals surface area contributed by atoms with Gasteiger partial charge in [-0.05, 0) is 18.4 Å². The van der Waals surface area contributed by atoms with Crippen molar-refractivity contribution in [2.45, 2.75) is 26.9 Å². The van der Waals surface area contributed by atoms with Gasteiger partial charge in [-0.2, -0.15) is 13.2 Å². The van der Waals surface area contributed by atoms with Gasteiger partial charge in [0, 0.05) is 6.20 Å². The maximum Gasteiger partial charge on any atom is 0.418 e. The molecule has 0 aliphatic heterocycles. The monoisotopic (exact) mass is 219 g/mol. The summed E-state index contributed by atoms with van der Waals surface area (Å²) in [4.78, 5) is 0. The Balaban J connectivity index is 5.26. The van der Waals surface area contributed by atoms with Gasteiger partial charge in [-0.3, -0.25) is 0 Å². The molecule has 0 saturated carbocycles. The molecular weight excluding hydrogens is 203 g/mol. The van der Waals surface area contributed by atoms with Crippen molar-refractivity contribution in [3.05, 3.63) is 35.6 Å². The van der Waals surface area contributed by atoms with Crippen LogP contribution in [0.25, 0.3) is 0 Å². The summed E-state index contributed by atoms with van der Waals surface area (Å²) in [6.07, 6.45) is 0.913. The molecule has 0 aromatic rings. The van der Waals surface area contributed by atoms with Crippen LogP contribution in [0.2, 0.25) is 0 Å². The minimum absolute atomic E-state index is 0.197.